The van der Waals surface area contributed by atoms with Crippen LogP contribution in [0.25, 0.3) is 10.9 Å². The molecule has 1 aromatic heterocycles. The van der Waals surface area contributed by atoms with Crippen LogP contribution < -0.4 is 10.9 Å². The third-order valence-corrected chi connectivity index (χ3v) is 4.23. The van der Waals surface area contributed by atoms with Crippen molar-refractivity contribution >= 4 is 22.3 Å². The summed E-state index contributed by atoms with van der Waals surface area (Å²) in [5.74, 6) is 0.628. The smallest absolute Gasteiger partial charge is 0.270 e. The highest BCUT2D eigenvalue weighted by atomic mass is 16.6. The first kappa shape index (κ1) is 13.6. The topological polar surface area (TPSA) is 77.2 Å². The normalized spacial score (nSPS) is 20.5. The molecule has 0 aliphatic heterocycles. The summed E-state index contributed by atoms with van der Waals surface area (Å²) in [6.07, 6.45) is 2.18. The Labute approximate surface area is 121 Å². The molecule has 1 aromatic carbocycles. The molecule has 0 saturated heterocycles. The summed E-state index contributed by atoms with van der Waals surface area (Å²) in [4.78, 5) is 22.6. The summed E-state index contributed by atoms with van der Waals surface area (Å²) in [5.41, 5.74) is 1.31. The zero-order valence-electron chi connectivity index (χ0n) is 12.0. The fraction of sp³-hybridized carbons (Fsp3) is 0.400. The first-order chi connectivity index (χ1) is 10.0. The molecule has 1 unspecified atom stereocenters. The summed E-state index contributed by atoms with van der Waals surface area (Å²) in [5, 5.41) is 15.0. The Morgan fingerprint density at radius 1 is 1.43 bits per heavy atom. The highest BCUT2D eigenvalue weighted by Gasteiger charge is 2.35. The Balaban J connectivity index is 2.12. The van der Waals surface area contributed by atoms with Gasteiger partial charge in [0.2, 0.25) is 0 Å². The summed E-state index contributed by atoms with van der Waals surface area (Å²) in [7, 11) is 1.67. The third kappa shape index (κ3) is 2.37. The fourth-order valence-corrected chi connectivity index (χ4v) is 2.76. The van der Waals surface area contributed by atoms with Crippen molar-refractivity contribution in [2.75, 3.05) is 5.32 Å². The molecule has 110 valence electrons. The lowest BCUT2D eigenvalue weighted by atomic mass is 10.1. The Hall–Kier alpha value is -2.37. The van der Waals surface area contributed by atoms with Gasteiger partial charge in [0.1, 0.15) is 0 Å². The second-order valence-corrected chi connectivity index (χ2v) is 5.57. The zero-order chi connectivity index (χ0) is 15.1. The van der Waals surface area contributed by atoms with Crippen molar-refractivity contribution in [2.45, 2.75) is 25.8 Å². The highest BCUT2D eigenvalue weighted by molar-refractivity contribution is 5.93. The van der Waals surface area contributed by atoms with Gasteiger partial charge in [-0.25, -0.2) is 0 Å². The molecule has 21 heavy (non-hydrogen) atoms. The van der Waals surface area contributed by atoms with Crippen molar-refractivity contribution < 1.29 is 4.92 Å². The summed E-state index contributed by atoms with van der Waals surface area (Å²) in [6.45, 7) is 2.14. The van der Waals surface area contributed by atoms with Crippen LogP contribution in [0.5, 0.6) is 0 Å². The number of fused-ring (bicyclic) bond motifs is 1. The number of nitrogens with zero attached hydrogens (tertiary/aromatic N) is 2. The molecule has 6 heteroatoms. The predicted octanol–water partition coefficient (Wildman–Crippen LogP) is 2.66. The van der Waals surface area contributed by atoms with Crippen molar-refractivity contribution in [3.8, 4) is 0 Å². The number of rotatable bonds is 4. The molecule has 1 fully saturated rings. The molecule has 0 bridgehead atoms. The number of nitro groups is 1. The first-order valence-corrected chi connectivity index (χ1v) is 7.06. The number of benzene rings is 1. The van der Waals surface area contributed by atoms with Crippen molar-refractivity contribution in [2.24, 2.45) is 13.0 Å². The molecule has 1 heterocycles. The minimum atomic E-state index is -0.416. The molecule has 1 aliphatic rings. The number of pyridine rings is 1. The lowest BCUT2D eigenvalue weighted by Crippen LogP contribution is -2.18. The van der Waals surface area contributed by atoms with Gasteiger partial charge in [-0.3, -0.25) is 14.9 Å². The molecule has 2 atom stereocenters. The van der Waals surface area contributed by atoms with Gasteiger partial charge in [0.15, 0.2) is 0 Å². The Bertz CT molecular complexity index is 782. The van der Waals surface area contributed by atoms with Crippen molar-refractivity contribution in [1.82, 2.24) is 4.57 Å². The van der Waals surface area contributed by atoms with Crippen LogP contribution >= 0.6 is 0 Å². The van der Waals surface area contributed by atoms with Crippen molar-refractivity contribution in [3.05, 3.63) is 44.7 Å². The average molecular weight is 287 g/mol. The van der Waals surface area contributed by atoms with Gasteiger partial charge in [-0.1, -0.05) is 13.3 Å². The van der Waals surface area contributed by atoms with E-state index in [0.717, 1.165) is 12.8 Å². The molecular weight excluding hydrogens is 270 g/mol. The van der Waals surface area contributed by atoms with Gasteiger partial charge in [-0.15, -0.1) is 0 Å². The second-order valence-electron chi connectivity index (χ2n) is 5.57. The van der Waals surface area contributed by atoms with Gasteiger partial charge in [-0.05, 0) is 18.4 Å². The number of hydrogen-bond acceptors (Lipinski definition) is 4. The third-order valence-electron chi connectivity index (χ3n) is 4.23. The van der Waals surface area contributed by atoms with E-state index < -0.39 is 4.92 Å². The van der Waals surface area contributed by atoms with Gasteiger partial charge in [-0.2, -0.15) is 0 Å². The maximum Gasteiger partial charge on any atom is 0.270 e. The lowest BCUT2D eigenvalue weighted by Gasteiger charge is -2.12. The van der Waals surface area contributed by atoms with Crippen LogP contribution in [-0.2, 0) is 7.05 Å². The van der Waals surface area contributed by atoms with E-state index in [-0.39, 0.29) is 11.2 Å². The van der Waals surface area contributed by atoms with Crippen LogP contribution in [0, 0.1) is 16.0 Å². The molecule has 2 aromatic rings. The van der Waals surface area contributed by atoms with Gasteiger partial charge < -0.3 is 9.88 Å². The molecule has 1 aliphatic carbocycles. The average Bonchev–Trinajstić information content (AvgIpc) is 3.22. The van der Waals surface area contributed by atoms with Crippen LogP contribution in [0.15, 0.2) is 29.1 Å². The van der Waals surface area contributed by atoms with E-state index in [1.807, 2.05) is 0 Å². The van der Waals surface area contributed by atoms with Crippen LogP contribution in [-0.4, -0.2) is 15.5 Å². The van der Waals surface area contributed by atoms with Gasteiger partial charge in [0.25, 0.3) is 11.2 Å². The zero-order valence-corrected chi connectivity index (χ0v) is 12.0. The monoisotopic (exact) mass is 287 g/mol. The van der Waals surface area contributed by atoms with Crippen LogP contribution in [0.1, 0.15) is 19.8 Å². The maximum atomic E-state index is 12.0. The van der Waals surface area contributed by atoms with E-state index >= 15 is 0 Å². The van der Waals surface area contributed by atoms with E-state index in [1.54, 1.807) is 13.1 Å². The van der Waals surface area contributed by atoms with Gasteiger partial charge in [0, 0.05) is 42.4 Å². The highest BCUT2D eigenvalue weighted by Crippen LogP contribution is 2.37. The maximum absolute atomic E-state index is 12.0. The van der Waals surface area contributed by atoms with Crippen LogP contribution in [0.3, 0.4) is 0 Å². The number of nitrogens with one attached hydrogen (secondary N) is 1. The van der Waals surface area contributed by atoms with Gasteiger partial charge in [0.05, 0.1) is 10.4 Å². The number of hydrogen-bond donors (Lipinski definition) is 1. The molecule has 0 radical (unpaired) electrons. The Morgan fingerprint density at radius 3 is 2.81 bits per heavy atom. The molecule has 0 amide bonds. The van der Waals surface area contributed by atoms with E-state index in [0.29, 0.717) is 28.6 Å². The van der Waals surface area contributed by atoms with E-state index in [4.69, 9.17) is 0 Å². The lowest BCUT2D eigenvalue weighted by molar-refractivity contribution is -0.384. The van der Waals surface area contributed by atoms with Gasteiger partial charge >= 0.3 is 0 Å². The Kier molecular flexibility index (Phi) is 3.16. The standard InChI is InChI=1S/C15H17N3O3/c1-3-9-6-12(9)16-13-8-15(19)17(2)14-5-4-10(18(20)21)7-11(13)14/h4-5,7-9,12,16H,3,6H2,1-2H3/t9-,12?/m1/s1. The number of anilines is 1. The van der Waals surface area contributed by atoms with Crippen molar-refractivity contribution in [1.29, 1.82) is 0 Å². The number of aryl methyl sites for hydroxylation is 1. The minimum Gasteiger partial charge on any atom is -0.381 e. The number of nitro benzene ring substituents is 1. The van der Waals surface area contributed by atoms with Crippen molar-refractivity contribution in [3.63, 3.8) is 0 Å². The van der Waals surface area contributed by atoms with Crippen LogP contribution in [0.2, 0.25) is 0 Å². The Morgan fingerprint density at radius 2 is 2.19 bits per heavy atom. The van der Waals surface area contributed by atoms with Crippen LogP contribution in [0.4, 0.5) is 11.4 Å². The molecular formula is C15H17N3O3. The largest absolute Gasteiger partial charge is 0.381 e. The minimum absolute atomic E-state index is 0.0343. The quantitative estimate of drug-likeness (QED) is 0.692. The van der Waals surface area contributed by atoms with E-state index in [9.17, 15) is 14.9 Å². The molecule has 3 rings (SSSR count). The summed E-state index contributed by atoms with van der Waals surface area (Å²) >= 11 is 0. The molecule has 1 saturated carbocycles. The molecule has 1 N–H and O–H groups in total. The number of non-ortho nitro benzene ring substituents is 1. The molecule has 0 spiro atoms. The van der Waals surface area contributed by atoms with E-state index in [2.05, 4.69) is 12.2 Å². The predicted molar refractivity (Wildman–Crippen MR) is 81.7 cm³/mol. The number of aromatic nitrogens is 1. The molecule has 6 nitrogen and oxygen atoms in total. The fourth-order valence-electron chi connectivity index (χ4n) is 2.76. The SMILES string of the molecule is CC[C@@H]1CC1Nc1cc(=O)n(C)c2ccc([N+](=O)[O-])cc12. The summed E-state index contributed by atoms with van der Waals surface area (Å²) in [6, 6.07) is 6.48. The summed E-state index contributed by atoms with van der Waals surface area (Å²) < 4.78 is 1.51. The van der Waals surface area contributed by atoms with E-state index in [1.165, 1.54) is 22.8 Å². The first-order valence-electron chi connectivity index (χ1n) is 7.06. The second kappa shape index (κ2) is 4.87.